The fourth-order valence-corrected chi connectivity index (χ4v) is 4.55. The lowest BCUT2D eigenvalue weighted by Gasteiger charge is -2.35. The van der Waals surface area contributed by atoms with Gasteiger partial charge in [-0.3, -0.25) is 4.79 Å². The van der Waals surface area contributed by atoms with Crippen molar-refractivity contribution in [3.8, 4) is 0 Å². The van der Waals surface area contributed by atoms with Crippen molar-refractivity contribution in [1.82, 2.24) is 4.90 Å². The molecule has 152 valence electrons. The summed E-state index contributed by atoms with van der Waals surface area (Å²) in [5.74, 6) is -0.697. The normalized spacial score (nSPS) is 16.9. The Morgan fingerprint density at radius 2 is 1.79 bits per heavy atom. The minimum absolute atomic E-state index is 0. The van der Waals surface area contributed by atoms with Crippen molar-refractivity contribution in [2.75, 3.05) is 13.1 Å². The second kappa shape index (κ2) is 10.2. The number of rotatable bonds is 5. The Labute approximate surface area is 175 Å². The molecule has 1 aliphatic rings. The molecule has 2 aromatic carbocycles. The third-order valence-corrected chi connectivity index (χ3v) is 6.34. The summed E-state index contributed by atoms with van der Waals surface area (Å²) in [6.45, 7) is 3.28. The van der Waals surface area contributed by atoms with Crippen molar-refractivity contribution in [1.29, 1.82) is 0 Å². The van der Waals surface area contributed by atoms with E-state index in [0.29, 0.717) is 19.0 Å². The number of nitrogens with zero attached hydrogens (tertiary/aromatic N) is 1. The maximum Gasteiger partial charge on any atom is 0.240 e. The highest BCUT2D eigenvalue weighted by atomic mass is 35.5. The molecule has 28 heavy (non-hydrogen) atoms. The van der Waals surface area contributed by atoms with Crippen molar-refractivity contribution in [3.63, 3.8) is 0 Å². The zero-order chi connectivity index (χ0) is 19.4. The van der Waals surface area contributed by atoms with E-state index in [1.807, 2.05) is 42.2 Å². The maximum atomic E-state index is 14.2. The van der Waals surface area contributed by atoms with Gasteiger partial charge in [-0.15, -0.1) is 24.2 Å². The number of piperidine rings is 1. The highest BCUT2D eigenvalue weighted by molar-refractivity contribution is 8.00. The van der Waals surface area contributed by atoms with Gasteiger partial charge in [0.25, 0.3) is 0 Å². The summed E-state index contributed by atoms with van der Waals surface area (Å²) in [5, 5.41) is -0.616. The maximum absolute atomic E-state index is 14.2. The van der Waals surface area contributed by atoms with Gasteiger partial charge in [-0.1, -0.05) is 30.3 Å². The van der Waals surface area contributed by atoms with Crippen LogP contribution >= 0.6 is 24.2 Å². The van der Waals surface area contributed by atoms with E-state index >= 15 is 0 Å². The van der Waals surface area contributed by atoms with Crippen LogP contribution in [0.4, 0.5) is 8.78 Å². The Hall–Kier alpha value is -1.63. The number of amides is 1. The number of hydrogen-bond acceptors (Lipinski definition) is 3. The number of halogens is 3. The predicted molar refractivity (Wildman–Crippen MR) is 112 cm³/mol. The number of hydrogen-bond donors (Lipinski definition) is 1. The Morgan fingerprint density at radius 3 is 2.39 bits per heavy atom. The summed E-state index contributed by atoms with van der Waals surface area (Å²) >= 11 is 1.06. The van der Waals surface area contributed by atoms with Gasteiger partial charge in [-0.05, 0) is 49.4 Å². The molecule has 2 N–H and O–H groups in total. The standard InChI is InChI=1S/C21H24F2N2OS.ClH/c1-14(24)15-9-11-25(12-10-15)21(26)20(16-5-3-2-4-6-16)27-19-13-17(22)7-8-18(19)23;/h2-8,13-15,20H,9-12,24H2,1H3;1H. The molecule has 3 nitrogen and oxygen atoms in total. The first-order chi connectivity index (χ1) is 13.0. The molecule has 0 saturated carbocycles. The monoisotopic (exact) mass is 426 g/mol. The molecule has 3 rings (SSSR count). The molecule has 0 radical (unpaired) electrons. The fourth-order valence-electron chi connectivity index (χ4n) is 3.39. The smallest absolute Gasteiger partial charge is 0.240 e. The molecule has 1 fully saturated rings. The Morgan fingerprint density at radius 1 is 1.14 bits per heavy atom. The first-order valence-corrected chi connectivity index (χ1v) is 10.0. The van der Waals surface area contributed by atoms with Crippen LogP contribution in [0.2, 0.25) is 0 Å². The summed E-state index contributed by atoms with van der Waals surface area (Å²) in [6, 6.07) is 12.7. The molecule has 0 spiro atoms. The van der Waals surface area contributed by atoms with E-state index in [-0.39, 0.29) is 29.3 Å². The molecular weight excluding hydrogens is 402 g/mol. The SMILES string of the molecule is CC(N)C1CCN(C(=O)C(Sc2cc(F)ccc2F)c2ccccc2)CC1.Cl. The van der Waals surface area contributed by atoms with Crippen LogP contribution in [-0.2, 0) is 4.79 Å². The number of likely N-dealkylation sites (tertiary alicyclic amines) is 1. The molecule has 7 heteroatoms. The molecule has 1 saturated heterocycles. The first kappa shape index (κ1) is 22.7. The molecule has 0 bridgehead atoms. The summed E-state index contributed by atoms with van der Waals surface area (Å²) < 4.78 is 27.8. The number of thioether (sulfide) groups is 1. The summed E-state index contributed by atoms with van der Waals surface area (Å²) in [5.41, 5.74) is 6.77. The Kier molecular flexibility index (Phi) is 8.28. The van der Waals surface area contributed by atoms with Gasteiger partial charge in [-0.25, -0.2) is 8.78 Å². The average Bonchev–Trinajstić information content (AvgIpc) is 2.69. The molecule has 1 amide bonds. The van der Waals surface area contributed by atoms with Gasteiger partial charge in [0.05, 0.1) is 0 Å². The quantitative estimate of drug-likeness (QED) is 0.698. The van der Waals surface area contributed by atoms with E-state index < -0.39 is 16.9 Å². The zero-order valence-corrected chi connectivity index (χ0v) is 17.3. The van der Waals surface area contributed by atoms with Crippen LogP contribution in [-0.4, -0.2) is 29.9 Å². The van der Waals surface area contributed by atoms with E-state index in [0.717, 1.165) is 48.4 Å². The summed E-state index contributed by atoms with van der Waals surface area (Å²) in [7, 11) is 0. The third-order valence-electron chi connectivity index (χ3n) is 5.06. The minimum Gasteiger partial charge on any atom is -0.341 e. The van der Waals surface area contributed by atoms with Gasteiger partial charge in [0.2, 0.25) is 5.91 Å². The highest BCUT2D eigenvalue weighted by Gasteiger charge is 2.31. The summed E-state index contributed by atoms with van der Waals surface area (Å²) in [4.78, 5) is 15.2. The molecule has 0 aliphatic carbocycles. The largest absolute Gasteiger partial charge is 0.341 e. The van der Waals surface area contributed by atoms with Crippen molar-refractivity contribution >= 4 is 30.1 Å². The Bertz CT molecular complexity index is 783. The van der Waals surface area contributed by atoms with Crippen LogP contribution in [0, 0.1) is 17.6 Å². The van der Waals surface area contributed by atoms with E-state index in [4.69, 9.17) is 5.73 Å². The Balaban J connectivity index is 0.00000280. The van der Waals surface area contributed by atoms with Crippen LogP contribution < -0.4 is 5.73 Å². The predicted octanol–water partition coefficient (Wildman–Crippen LogP) is 4.81. The summed E-state index contributed by atoms with van der Waals surface area (Å²) in [6.07, 6.45) is 1.73. The molecule has 2 aromatic rings. The van der Waals surface area contributed by atoms with Crippen LogP contribution in [0.25, 0.3) is 0 Å². The van der Waals surface area contributed by atoms with E-state index in [2.05, 4.69) is 0 Å². The topological polar surface area (TPSA) is 46.3 Å². The molecule has 1 heterocycles. The first-order valence-electron chi connectivity index (χ1n) is 9.16. The molecule has 2 atom stereocenters. The number of carbonyl (C=O) groups excluding carboxylic acids is 1. The van der Waals surface area contributed by atoms with E-state index in [1.165, 1.54) is 0 Å². The zero-order valence-electron chi connectivity index (χ0n) is 15.7. The van der Waals surface area contributed by atoms with Crippen LogP contribution in [0.15, 0.2) is 53.4 Å². The van der Waals surface area contributed by atoms with Crippen molar-refractivity contribution < 1.29 is 13.6 Å². The molecule has 2 unspecified atom stereocenters. The lowest BCUT2D eigenvalue weighted by molar-refractivity contribution is -0.132. The van der Waals surface area contributed by atoms with Crippen molar-refractivity contribution in [2.45, 2.75) is 36.0 Å². The van der Waals surface area contributed by atoms with Gasteiger partial charge in [-0.2, -0.15) is 0 Å². The molecule has 0 aromatic heterocycles. The second-order valence-corrected chi connectivity index (χ2v) is 8.15. The van der Waals surface area contributed by atoms with Gasteiger partial charge in [0.1, 0.15) is 16.9 Å². The molecular formula is C21H25ClF2N2OS. The van der Waals surface area contributed by atoms with Crippen LogP contribution in [0.3, 0.4) is 0 Å². The van der Waals surface area contributed by atoms with E-state index in [9.17, 15) is 13.6 Å². The number of nitrogens with two attached hydrogens (primary N) is 1. The lowest BCUT2D eigenvalue weighted by atomic mass is 9.90. The van der Waals surface area contributed by atoms with E-state index in [1.54, 1.807) is 0 Å². The molecule has 1 aliphatic heterocycles. The fraction of sp³-hybridized carbons (Fsp3) is 0.381. The van der Waals surface area contributed by atoms with Gasteiger partial charge in [0, 0.05) is 24.0 Å². The van der Waals surface area contributed by atoms with Gasteiger partial charge in [0.15, 0.2) is 0 Å². The van der Waals surface area contributed by atoms with Crippen molar-refractivity contribution in [2.24, 2.45) is 11.7 Å². The number of carbonyl (C=O) groups is 1. The third kappa shape index (κ3) is 5.46. The highest BCUT2D eigenvalue weighted by Crippen LogP contribution is 2.39. The van der Waals surface area contributed by atoms with Gasteiger partial charge < -0.3 is 10.6 Å². The van der Waals surface area contributed by atoms with Gasteiger partial charge >= 0.3 is 0 Å². The second-order valence-electron chi connectivity index (χ2n) is 7.01. The van der Waals surface area contributed by atoms with Crippen LogP contribution in [0.1, 0.15) is 30.6 Å². The number of benzene rings is 2. The minimum atomic E-state index is -0.616. The lowest BCUT2D eigenvalue weighted by Crippen LogP contribution is -2.43. The average molecular weight is 427 g/mol. The van der Waals surface area contributed by atoms with Crippen LogP contribution in [0.5, 0.6) is 0 Å². The van der Waals surface area contributed by atoms with Crippen molar-refractivity contribution in [3.05, 3.63) is 65.7 Å².